The van der Waals surface area contributed by atoms with Gasteiger partial charge in [-0.1, -0.05) is 30.3 Å². The molecular formula is C19H19BFNO4. The number of hydrogen-bond acceptors (Lipinski definition) is 4. The number of fused-ring (bicyclic) bond motifs is 1. The number of amides is 1. The van der Waals surface area contributed by atoms with Crippen LogP contribution in [0.3, 0.4) is 0 Å². The number of furan rings is 1. The number of nitrogens with one attached hydrogen (secondary N) is 1. The molecule has 7 heteroatoms. The first-order valence-corrected chi connectivity index (χ1v) is 8.38. The normalized spacial score (nSPS) is 12.1. The van der Waals surface area contributed by atoms with Crippen LogP contribution >= 0.6 is 0 Å². The second kappa shape index (κ2) is 8.16. The van der Waals surface area contributed by atoms with Crippen LogP contribution in [0.1, 0.15) is 17.5 Å². The maximum absolute atomic E-state index is 12.9. The molecule has 0 aliphatic rings. The SMILES string of the molecule is O=C(CCc1ccc(F)cc1)N[C@@H](Cc1coc2ccccc12)B(O)O. The molecule has 3 aromatic rings. The van der Waals surface area contributed by atoms with Crippen molar-refractivity contribution in [3.63, 3.8) is 0 Å². The summed E-state index contributed by atoms with van der Waals surface area (Å²) in [7, 11) is -1.70. The van der Waals surface area contributed by atoms with Crippen molar-refractivity contribution in [3.05, 3.63) is 71.7 Å². The lowest BCUT2D eigenvalue weighted by Crippen LogP contribution is -2.47. The molecule has 0 bridgehead atoms. The van der Waals surface area contributed by atoms with Crippen molar-refractivity contribution in [2.75, 3.05) is 0 Å². The average Bonchev–Trinajstić information content (AvgIpc) is 3.04. The van der Waals surface area contributed by atoms with E-state index in [1.54, 1.807) is 18.4 Å². The van der Waals surface area contributed by atoms with E-state index in [9.17, 15) is 19.2 Å². The van der Waals surface area contributed by atoms with E-state index in [2.05, 4.69) is 5.32 Å². The highest BCUT2D eigenvalue weighted by Crippen LogP contribution is 2.22. The zero-order chi connectivity index (χ0) is 18.5. The second-order valence-corrected chi connectivity index (χ2v) is 6.18. The average molecular weight is 355 g/mol. The topological polar surface area (TPSA) is 82.7 Å². The highest BCUT2D eigenvalue weighted by atomic mass is 19.1. The second-order valence-electron chi connectivity index (χ2n) is 6.18. The fourth-order valence-electron chi connectivity index (χ4n) is 2.85. The number of halogens is 1. The Labute approximate surface area is 150 Å². The van der Waals surface area contributed by atoms with Crippen molar-refractivity contribution < 1.29 is 23.7 Å². The molecule has 3 rings (SSSR count). The van der Waals surface area contributed by atoms with Crippen molar-refractivity contribution in [2.45, 2.75) is 25.2 Å². The lowest BCUT2D eigenvalue weighted by molar-refractivity contribution is -0.121. The smallest absolute Gasteiger partial charge is 0.464 e. The molecule has 2 aromatic carbocycles. The lowest BCUT2D eigenvalue weighted by Gasteiger charge is -2.17. The number of aryl methyl sites for hydroxylation is 1. The van der Waals surface area contributed by atoms with E-state index < -0.39 is 13.1 Å². The van der Waals surface area contributed by atoms with Gasteiger partial charge in [-0.25, -0.2) is 4.39 Å². The molecule has 5 nitrogen and oxygen atoms in total. The van der Waals surface area contributed by atoms with Gasteiger partial charge in [0.25, 0.3) is 0 Å². The summed E-state index contributed by atoms with van der Waals surface area (Å²) in [5, 5.41) is 22.8. The number of benzene rings is 2. The standard InChI is InChI=1S/C19H19BFNO4/c21-15-8-5-13(6-9-15)7-10-19(23)22-18(20(24)25)11-14-12-26-17-4-2-1-3-16(14)17/h1-6,8-9,12,18,24-25H,7,10-11H2,(H,22,23)/t18-/m0/s1. The third kappa shape index (κ3) is 4.50. The quantitative estimate of drug-likeness (QED) is 0.568. The Bertz CT molecular complexity index is 879. The predicted molar refractivity (Wildman–Crippen MR) is 96.8 cm³/mol. The Morgan fingerprint density at radius 3 is 2.62 bits per heavy atom. The minimum Gasteiger partial charge on any atom is -0.464 e. The molecule has 1 atom stereocenters. The highest BCUT2D eigenvalue weighted by Gasteiger charge is 2.26. The number of carbonyl (C=O) groups excluding carboxylic acids is 1. The van der Waals surface area contributed by atoms with E-state index in [1.165, 1.54) is 12.1 Å². The molecule has 0 spiro atoms. The predicted octanol–water partition coefficient (Wildman–Crippen LogP) is 2.24. The third-order valence-corrected chi connectivity index (χ3v) is 4.26. The molecule has 0 saturated carbocycles. The first kappa shape index (κ1) is 18.2. The molecule has 0 radical (unpaired) electrons. The van der Waals surface area contributed by atoms with Crippen LogP contribution in [-0.4, -0.2) is 29.0 Å². The first-order chi connectivity index (χ1) is 12.5. The van der Waals surface area contributed by atoms with Crippen molar-refractivity contribution in [1.82, 2.24) is 5.32 Å². The molecule has 0 saturated heterocycles. The third-order valence-electron chi connectivity index (χ3n) is 4.26. The molecule has 1 amide bonds. The highest BCUT2D eigenvalue weighted by molar-refractivity contribution is 6.43. The van der Waals surface area contributed by atoms with Gasteiger partial charge in [-0.05, 0) is 42.2 Å². The molecular weight excluding hydrogens is 336 g/mol. The van der Waals surface area contributed by atoms with Gasteiger partial charge >= 0.3 is 7.12 Å². The van der Waals surface area contributed by atoms with Crippen LogP contribution in [0, 0.1) is 5.82 Å². The van der Waals surface area contributed by atoms with Crippen molar-refractivity contribution in [2.24, 2.45) is 0 Å². The minimum atomic E-state index is -1.70. The Morgan fingerprint density at radius 2 is 1.88 bits per heavy atom. The maximum Gasteiger partial charge on any atom is 0.475 e. The number of rotatable bonds is 7. The van der Waals surface area contributed by atoms with Gasteiger partial charge in [-0.2, -0.15) is 0 Å². The largest absolute Gasteiger partial charge is 0.475 e. The molecule has 1 aromatic heterocycles. The summed E-state index contributed by atoms with van der Waals surface area (Å²) in [6, 6.07) is 13.4. The number of para-hydroxylation sites is 1. The summed E-state index contributed by atoms with van der Waals surface area (Å²) in [5.74, 6) is -1.48. The van der Waals surface area contributed by atoms with E-state index in [1.807, 2.05) is 24.3 Å². The van der Waals surface area contributed by atoms with Gasteiger partial charge in [0, 0.05) is 11.8 Å². The maximum atomic E-state index is 12.9. The fourth-order valence-corrected chi connectivity index (χ4v) is 2.85. The summed E-state index contributed by atoms with van der Waals surface area (Å²) in [6.07, 6.45) is 2.40. The zero-order valence-corrected chi connectivity index (χ0v) is 14.1. The molecule has 1 heterocycles. The first-order valence-electron chi connectivity index (χ1n) is 8.38. The molecule has 0 aliphatic carbocycles. The Hall–Kier alpha value is -2.64. The van der Waals surface area contributed by atoms with E-state index >= 15 is 0 Å². The zero-order valence-electron chi connectivity index (χ0n) is 14.1. The van der Waals surface area contributed by atoms with Crippen molar-refractivity contribution in [1.29, 1.82) is 0 Å². The molecule has 26 heavy (non-hydrogen) atoms. The van der Waals surface area contributed by atoms with Crippen LogP contribution < -0.4 is 5.32 Å². The summed E-state index contributed by atoms with van der Waals surface area (Å²) in [6.45, 7) is 0. The fraction of sp³-hybridized carbons (Fsp3) is 0.211. The molecule has 134 valence electrons. The van der Waals surface area contributed by atoms with E-state index in [4.69, 9.17) is 4.42 Å². The van der Waals surface area contributed by atoms with Gasteiger partial charge in [-0.3, -0.25) is 4.79 Å². The van der Waals surface area contributed by atoms with Gasteiger partial charge in [-0.15, -0.1) is 0 Å². The Morgan fingerprint density at radius 1 is 1.15 bits per heavy atom. The van der Waals surface area contributed by atoms with Crippen LogP contribution in [-0.2, 0) is 17.6 Å². The molecule has 0 fully saturated rings. The summed E-state index contributed by atoms with van der Waals surface area (Å²) < 4.78 is 18.3. The van der Waals surface area contributed by atoms with Crippen LogP contribution in [0.25, 0.3) is 11.0 Å². The van der Waals surface area contributed by atoms with Crippen LogP contribution in [0.2, 0.25) is 0 Å². The van der Waals surface area contributed by atoms with E-state index in [-0.39, 0.29) is 24.6 Å². The van der Waals surface area contributed by atoms with Crippen LogP contribution in [0.4, 0.5) is 4.39 Å². The van der Waals surface area contributed by atoms with Gasteiger partial charge in [0.05, 0.1) is 12.2 Å². The molecule has 0 unspecified atom stereocenters. The molecule has 0 aliphatic heterocycles. The van der Waals surface area contributed by atoms with Crippen LogP contribution in [0.15, 0.2) is 59.2 Å². The summed E-state index contributed by atoms with van der Waals surface area (Å²) in [4.78, 5) is 12.2. The van der Waals surface area contributed by atoms with Gasteiger partial charge in [0.1, 0.15) is 11.4 Å². The van der Waals surface area contributed by atoms with Crippen LogP contribution in [0.5, 0.6) is 0 Å². The Balaban J connectivity index is 1.61. The summed E-state index contributed by atoms with van der Waals surface area (Å²) >= 11 is 0. The number of hydrogen-bond donors (Lipinski definition) is 3. The monoisotopic (exact) mass is 355 g/mol. The Kier molecular flexibility index (Phi) is 5.70. The lowest BCUT2D eigenvalue weighted by atomic mass is 9.76. The van der Waals surface area contributed by atoms with Gasteiger partial charge in [0.2, 0.25) is 5.91 Å². The minimum absolute atomic E-state index is 0.168. The van der Waals surface area contributed by atoms with E-state index in [0.29, 0.717) is 12.0 Å². The molecule has 3 N–H and O–H groups in total. The van der Waals surface area contributed by atoms with Gasteiger partial charge < -0.3 is 19.8 Å². The number of carbonyl (C=O) groups is 1. The van der Waals surface area contributed by atoms with E-state index in [0.717, 1.165) is 16.5 Å². The van der Waals surface area contributed by atoms with Crippen molar-refractivity contribution >= 4 is 24.0 Å². The van der Waals surface area contributed by atoms with Crippen molar-refractivity contribution in [3.8, 4) is 0 Å². The van der Waals surface area contributed by atoms with Gasteiger partial charge in [0.15, 0.2) is 0 Å². The summed E-state index contributed by atoms with van der Waals surface area (Å²) in [5.41, 5.74) is 2.33.